The van der Waals surface area contributed by atoms with E-state index in [2.05, 4.69) is 6.08 Å². The molecule has 3 rings (SSSR count). The summed E-state index contributed by atoms with van der Waals surface area (Å²) in [4.78, 5) is 0. The first-order valence-corrected chi connectivity index (χ1v) is 6.85. The van der Waals surface area contributed by atoms with Gasteiger partial charge in [-0.1, -0.05) is 6.08 Å². The van der Waals surface area contributed by atoms with Gasteiger partial charge in [0.05, 0.1) is 0 Å². The number of hydrogen-bond acceptors (Lipinski definition) is 3. The van der Waals surface area contributed by atoms with Crippen LogP contribution < -0.4 is 16.2 Å². The Labute approximate surface area is 118 Å². The standard InChI is InChI=1S/C17H18N2O/c18-13-5-7-14(8-6-13)20-15-9-10-17(19)16(11-15)12-3-1-2-4-12/h3,5-11H,1-2,4,18-19H2. The molecule has 3 heteroatoms. The zero-order valence-corrected chi connectivity index (χ0v) is 11.3. The highest BCUT2D eigenvalue weighted by atomic mass is 16.5. The Balaban J connectivity index is 1.87. The molecule has 1 aliphatic rings. The van der Waals surface area contributed by atoms with Crippen LogP contribution in [0.1, 0.15) is 24.8 Å². The average Bonchev–Trinajstić information content (AvgIpc) is 2.97. The summed E-state index contributed by atoms with van der Waals surface area (Å²) < 4.78 is 5.85. The van der Waals surface area contributed by atoms with Crippen LogP contribution in [-0.4, -0.2) is 0 Å². The largest absolute Gasteiger partial charge is 0.457 e. The molecule has 2 aromatic rings. The van der Waals surface area contributed by atoms with Gasteiger partial charge in [0.25, 0.3) is 0 Å². The van der Waals surface area contributed by atoms with Gasteiger partial charge in [0, 0.05) is 16.9 Å². The minimum Gasteiger partial charge on any atom is -0.457 e. The maximum absolute atomic E-state index is 6.07. The van der Waals surface area contributed by atoms with E-state index < -0.39 is 0 Å². The van der Waals surface area contributed by atoms with Gasteiger partial charge in [-0.05, 0) is 67.3 Å². The van der Waals surface area contributed by atoms with E-state index in [-0.39, 0.29) is 0 Å². The summed E-state index contributed by atoms with van der Waals surface area (Å²) in [6, 6.07) is 13.2. The fourth-order valence-corrected chi connectivity index (χ4v) is 2.46. The maximum atomic E-state index is 6.07. The molecule has 0 amide bonds. The van der Waals surface area contributed by atoms with E-state index in [9.17, 15) is 0 Å². The average molecular weight is 266 g/mol. The van der Waals surface area contributed by atoms with Crippen LogP contribution in [0.15, 0.2) is 48.5 Å². The minimum atomic E-state index is 0.728. The first-order valence-electron chi connectivity index (χ1n) is 6.85. The summed E-state index contributed by atoms with van der Waals surface area (Å²) in [6.07, 6.45) is 5.70. The molecule has 3 nitrogen and oxygen atoms in total. The summed E-state index contributed by atoms with van der Waals surface area (Å²) in [6.45, 7) is 0. The summed E-state index contributed by atoms with van der Waals surface area (Å²) in [5, 5.41) is 0. The smallest absolute Gasteiger partial charge is 0.128 e. The fourth-order valence-electron chi connectivity index (χ4n) is 2.46. The SMILES string of the molecule is Nc1ccc(Oc2ccc(N)c(C3=CCCC3)c2)cc1. The molecule has 0 aromatic heterocycles. The number of rotatable bonds is 3. The maximum Gasteiger partial charge on any atom is 0.128 e. The predicted molar refractivity (Wildman–Crippen MR) is 83.6 cm³/mol. The lowest BCUT2D eigenvalue weighted by atomic mass is 10.0. The van der Waals surface area contributed by atoms with Gasteiger partial charge in [-0.15, -0.1) is 0 Å². The molecule has 0 fully saturated rings. The summed E-state index contributed by atoms with van der Waals surface area (Å²) >= 11 is 0. The van der Waals surface area contributed by atoms with Crippen molar-refractivity contribution in [2.24, 2.45) is 0 Å². The predicted octanol–water partition coefficient (Wildman–Crippen LogP) is 4.21. The molecule has 1 aliphatic carbocycles. The third-order valence-electron chi connectivity index (χ3n) is 3.53. The Hall–Kier alpha value is -2.42. The van der Waals surface area contributed by atoms with Crippen molar-refractivity contribution in [1.29, 1.82) is 0 Å². The molecule has 20 heavy (non-hydrogen) atoms. The molecule has 0 saturated carbocycles. The molecule has 0 heterocycles. The van der Waals surface area contributed by atoms with Gasteiger partial charge in [-0.3, -0.25) is 0 Å². The van der Waals surface area contributed by atoms with Gasteiger partial charge in [-0.25, -0.2) is 0 Å². The third-order valence-corrected chi connectivity index (χ3v) is 3.53. The molecule has 0 saturated heterocycles. The van der Waals surface area contributed by atoms with Gasteiger partial charge in [0.15, 0.2) is 0 Å². The van der Waals surface area contributed by atoms with E-state index in [4.69, 9.17) is 16.2 Å². The second-order valence-corrected chi connectivity index (χ2v) is 5.04. The zero-order valence-electron chi connectivity index (χ0n) is 11.3. The van der Waals surface area contributed by atoms with Crippen LogP contribution in [-0.2, 0) is 0 Å². The Morgan fingerprint density at radius 1 is 0.900 bits per heavy atom. The Morgan fingerprint density at radius 2 is 1.65 bits per heavy atom. The number of ether oxygens (including phenoxy) is 1. The van der Waals surface area contributed by atoms with Gasteiger partial charge in [0.2, 0.25) is 0 Å². The monoisotopic (exact) mass is 266 g/mol. The fraction of sp³-hybridized carbons (Fsp3) is 0.176. The lowest BCUT2D eigenvalue weighted by Crippen LogP contribution is -1.94. The van der Waals surface area contributed by atoms with E-state index in [0.29, 0.717) is 0 Å². The molecule has 0 aliphatic heterocycles. The van der Waals surface area contributed by atoms with Crippen molar-refractivity contribution >= 4 is 16.9 Å². The quantitative estimate of drug-likeness (QED) is 0.818. The van der Waals surface area contributed by atoms with E-state index in [1.54, 1.807) is 0 Å². The molecule has 4 N–H and O–H groups in total. The van der Waals surface area contributed by atoms with Crippen LogP contribution in [0.3, 0.4) is 0 Å². The Morgan fingerprint density at radius 3 is 2.35 bits per heavy atom. The normalized spacial score (nSPS) is 14.1. The Bertz CT molecular complexity index is 645. The highest BCUT2D eigenvalue weighted by Crippen LogP contribution is 2.34. The van der Waals surface area contributed by atoms with Crippen LogP contribution in [0.25, 0.3) is 5.57 Å². The van der Waals surface area contributed by atoms with Crippen LogP contribution in [0.2, 0.25) is 0 Å². The molecule has 2 aromatic carbocycles. The third kappa shape index (κ3) is 2.62. The molecule has 0 spiro atoms. The summed E-state index contributed by atoms with van der Waals surface area (Å²) in [5.41, 5.74) is 15.7. The first-order chi connectivity index (χ1) is 9.72. The number of allylic oxidation sites excluding steroid dienone is 2. The number of benzene rings is 2. The molecular formula is C17H18N2O. The molecule has 0 bridgehead atoms. The first kappa shape index (κ1) is 12.6. The van der Waals surface area contributed by atoms with E-state index >= 15 is 0 Å². The Kier molecular flexibility index (Phi) is 3.33. The van der Waals surface area contributed by atoms with Gasteiger partial charge in [-0.2, -0.15) is 0 Å². The number of hydrogen-bond donors (Lipinski definition) is 2. The van der Waals surface area contributed by atoms with Crippen molar-refractivity contribution in [3.05, 3.63) is 54.1 Å². The summed E-state index contributed by atoms with van der Waals surface area (Å²) in [7, 11) is 0. The number of anilines is 2. The van der Waals surface area contributed by atoms with Gasteiger partial charge >= 0.3 is 0 Å². The van der Waals surface area contributed by atoms with Crippen LogP contribution in [0, 0.1) is 0 Å². The topological polar surface area (TPSA) is 61.3 Å². The molecule has 0 unspecified atom stereocenters. The van der Waals surface area contributed by atoms with Crippen LogP contribution >= 0.6 is 0 Å². The highest BCUT2D eigenvalue weighted by molar-refractivity contribution is 5.77. The zero-order chi connectivity index (χ0) is 13.9. The van der Waals surface area contributed by atoms with Crippen molar-refractivity contribution < 1.29 is 4.74 Å². The lowest BCUT2D eigenvalue weighted by Gasteiger charge is -2.11. The number of nitrogens with two attached hydrogens (primary N) is 2. The minimum absolute atomic E-state index is 0.728. The molecule has 102 valence electrons. The van der Waals surface area contributed by atoms with E-state index in [1.165, 1.54) is 12.0 Å². The van der Waals surface area contributed by atoms with Crippen LogP contribution in [0.4, 0.5) is 11.4 Å². The van der Waals surface area contributed by atoms with Crippen molar-refractivity contribution in [2.45, 2.75) is 19.3 Å². The second kappa shape index (κ2) is 5.29. The summed E-state index contributed by atoms with van der Waals surface area (Å²) in [5.74, 6) is 1.57. The molecule has 0 radical (unpaired) electrons. The van der Waals surface area contributed by atoms with Crippen molar-refractivity contribution in [1.82, 2.24) is 0 Å². The highest BCUT2D eigenvalue weighted by Gasteiger charge is 2.11. The van der Waals surface area contributed by atoms with Crippen molar-refractivity contribution in [3.63, 3.8) is 0 Å². The number of nitrogen functional groups attached to an aromatic ring is 2. The van der Waals surface area contributed by atoms with Gasteiger partial charge in [0.1, 0.15) is 11.5 Å². The second-order valence-electron chi connectivity index (χ2n) is 5.04. The molecule has 0 atom stereocenters. The van der Waals surface area contributed by atoms with Crippen LogP contribution in [0.5, 0.6) is 11.5 Å². The van der Waals surface area contributed by atoms with E-state index in [1.807, 2.05) is 42.5 Å². The van der Waals surface area contributed by atoms with Gasteiger partial charge < -0.3 is 16.2 Å². The van der Waals surface area contributed by atoms with E-state index in [0.717, 1.165) is 41.3 Å². The van der Waals surface area contributed by atoms with Crippen molar-refractivity contribution in [3.8, 4) is 11.5 Å². The van der Waals surface area contributed by atoms with Crippen molar-refractivity contribution in [2.75, 3.05) is 11.5 Å². The molecular weight excluding hydrogens is 248 g/mol. The lowest BCUT2D eigenvalue weighted by molar-refractivity contribution is 0.482.